The van der Waals surface area contributed by atoms with Crippen LogP contribution in [0.2, 0.25) is 0 Å². The van der Waals surface area contributed by atoms with Crippen LogP contribution in [-0.2, 0) is 9.59 Å². The van der Waals surface area contributed by atoms with Gasteiger partial charge in [-0.1, -0.05) is 13.8 Å². The Morgan fingerprint density at radius 1 is 1.00 bits per heavy atom. The third kappa shape index (κ3) is 5.68. The number of anilines is 1. The number of hydrogen-bond donors (Lipinski definition) is 1. The smallest absolute Gasteiger partial charge is 0.233 e. The summed E-state index contributed by atoms with van der Waals surface area (Å²) in [5.41, 5.74) is 1.17. The molecule has 0 unspecified atom stereocenters. The first kappa shape index (κ1) is 17.9. The molecule has 0 saturated carbocycles. The van der Waals surface area contributed by atoms with Crippen LogP contribution in [0.25, 0.3) is 0 Å². The van der Waals surface area contributed by atoms with Gasteiger partial charge in [0.2, 0.25) is 11.8 Å². The van der Waals surface area contributed by atoms with Gasteiger partial charge in [0.05, 0.1) is 0 Å². The van der Waals surface area contributed by atoms with E-state index in [4.69, 9.17) is 0 Å². The van der Waals surface area contributed by atoms with Crippen LogP contribution >= 0.6 is 0 Å². The van der Waals surface area contributed by atoms with Gasteiger partial charge in [-0.25, -0.2) is 0 Å². The number of amides is 2. The zero-order valence-electron chi connectivity index (χ0n) is 13.5. The van der Waals surface area contributed by atoms with Gasteiger partial charge in [0, 0.05) is 24.3 Å². The Hall–Kier alpha value is -2.17. The summed E-state index contributed by atoms with van der Waals surface area (Å²) in [7, 11) is 0. The number of nitrogens with zero attached hydrogens (tertiary/aromatic N) is 1. The lowest BCUT2D eigenvalue weighted by atomic mass is 10.1. The highest BCUT2D eigenvalue weighted by atomic mass is 16.2. The minimum atomic E-state index is -0.335. The quantitative estimate of drug-likeness (QED) is 0.593. The largest absolute Gasteiger partial charge is 0.342 e. The maximum atomic E-state index is 12.1. The van der Waals surface area contributed by atoms with E-state index >= 15 is 0 Å². The van der Waals surface area contributed by atoms with E-state index in [1.165, 1.54) is 6.92 Å². The van der Waals surface area contributed by atoms with Crippen molar-refractivity contribution in [2.24, 2.45) is 0 Å². The van der Waals surface area contributed by atoms with Crippen molar-refractivity contribution in [1.29, 1.82) is 0 Å². The molecule has 0 radical (unpaired) electrons. The summed E-state index contributed by atoms with van der Waals surface area (Å²) < 4.78 is 0. The Morgan fingerprint density at radius 3 is 2.00 bits per heavy atom. The Morgan fingerprint density at radius 2 is 1.55 bits per heavy atom. The number of benzene rings is 1. The molecular formula is C17H24N2O3. The SMILES string of the molecule is CCCN(CCC)C(=O)CC(=O)Nc1ccc(C(C)=O)cc1. The lowest BCUT2D eigenvalue weighted by molar-refractivity contribution is -0.134. The molecule has 22 heavy (non-hydrogen) atoms. The van der Waals surface area contributed by atoms with E-state index in [1.807, 2.05) is 13.8 Å². The molecule has 0 bridgehead atoms. The number of carbonyl (C=O) groups excluding carboxylic acids is 3. The first-order valence-corrected chi connectivity index (χ1v) is 7.66. The van der Waals surface area contributed by atoms with Crippen LogP contribution in [0.3, 0.4) is 0 Å². The standard InChI is InChI=1S/C17H24N2O3/c1-4-10-19(11-5-2)17(22)12-16(21)18-15-8-6-14(7-9-15)13(3)20/h6-9H,4-5,10-12H2,1-3H3,(H,18,21). The van der Waals surface area contributed by atoms with Gasteiger partial charge in [-0.3, -0.25) is 14.4 Å². The average molecular weight is 304 g/mol. The van der Waals surface area contributed by atoms with Crippen molar-refractivity contribution < 1.29 is 14.4 Å². The van der Waals surface area contributed by atoms with Crippen molar-refractivity contribution in [2.75, 3.05) is 18.4 Å². The summed E-state index contributed by atoms with van der Waals surface area (Å²) >= 11 is 0. The molecule has 5 nitrogen and oxygen atoms in total. The van der Waals surface area contributed by atoms with E-state index in [9.17, 15) is 14.4 Å². The fraction of sp³-hybridized carbons (Fsp3) is 0.471. The van der Waals surface area contributed by atoms with E-state index in [2.05, 4.69) is 5.32 Å². The summed E-state index contributed by atoms with van der Waals surface area (Å²) in [5, 5.41) is 2.68. The van der Waals surface area contributed by atoms with Crippen molar-refractivity contribution in [3.05, 3.63) is 29.8 Å². The van der Waals surface area contributed by atoms with Gasteiger partial charge >= 0.3 is 0 Å². The third-order valence-corrected chi connectivity index (χ3v) is 3.23. The van der Waals surface area contributed by atoms with Gasteiger partial charge in [-0.05, 0) is 44.0 Å². The highest BCUT2D eigenvalue weighted by Crippen LogP contribution is 2.11. The summed E-state index contributed by atoms with van der Waals surface area (Å²) in [6.07, 6.45) is 1.59. The molecular weight excluding hydrogens is 280 g/mol. The minimum absolute atomic E-state index is 0.0252. The number of carbonyl (C=O) groups is 3. The van der Waals surface area contributed by atoms with Gasteiger partial charge in [0.1, 0.15) is 6.42 Å². The molecule has 0 aliphatic heterocycles. The number of Topliss-reactive ketones (excluding diaryl/α,β-unsaturated/α-hetero) is 1. The van der Waals surface area contributed by atoms with Crippen LogP contribution in [0.15, 0.2) is 24.3 Å². The van der Waals surface area contributed by atoms with Crippen LogP contribution in [-0.4, -0.2) is 35.6 Å². The summed E-state index contributed by atoms with van der Waals surface area (Å²) in [6, 6.07) is 6.63. The second kappa shape index (κ2) is 8.97. The molecule has 0 fully saturated rings. The predicted molar refractivity (Wildman–Crippen MR) is 86.9 cm³/mol. The number of hydrogen-bond acceptors (Lipinski definition) is 3. The van der Waals surface area contributed by atoms with Crippen molar-refractivity contribution in [3.63, 3.8) is 0 Å². The lowest BCUT2D eigenvalue weighted by Crippen LogP contribution is -2.35. The van der Waals surface area contributed by atoms with Crippen LogP contribution in [0, 0.1) is 0 Å². The average Bonchev–Trinajstić information content (AvgIpc) is 2.47. The maximum absolute atomic E-state index is 12.1. The molecule has 0 aliphatic rings. The second-order valence-corrected chi connectivity index (χ2v) is 5.24. The zero-order chi connectivity index (χ0) is 16.5. The van der Waals surface area contributed by atoms with E-state index in [-0.39, 0.29) is 24.0 Å². The number of ketones is 1. The fourth-order valence-electron chi connectivity index (χ4n) is 2.14. The van der Waals surface area contributed by atoms with Gasteiger partial charge in [-0.2, -0.15) is 0 Å². The maximum Gasteiger partial charge on any atom is 0.233 e. The van der Waals surface area contributed by atoms with Crippen molar-refractivity contribution in [1.82, 2.24) is 4.90 Å². The van der Waals surface area contributed by atoms with E-state index in [0.717, 1.165) is 12.8 Å². The van der Waals surface area contributed by atoms with Crippen molar-refractivity contribution in [2.45, 2.75) is 40.0 Å². The molecule has 1 aromatic carbocycles. The number of rotatable bonds is 8. The van der Waals surface area contributed by atoms with E-state index < -0.39 is 0 Å². The van der Waals surface area contributed by atoms with E-state index in [0.29, 0.717) is 24.3 Å². The minimum Gasteiger partial charge on any atom is -0.342 e. The van der Waals surface area contributed by atoms with Crippen molar-refractivity contribution in [3.8, 4) is 0 Å². The van der Waals surface area contributed by atoms with Crippen LogP contribution < -0.4 is 5.32 Å². The molecule has 0 saturated heterocycles. The first-order valence-electron chi connectivity index (χ1n) is 7.66. The van der Waals surface area contributed by atoms with Gasteiger partial charge in [0.25, 0.3) is 0 Å². The molecule has 0 spiro atoms. The Bertz CT molecular complexity index is 517. The molecule has 0 atom stereocenters. The molecule has 2 amide bonds. The molecule has 120 valence electrons. The second-order valence-electron chi connectivity index (χ2n) is 5.24. The molecule has 5 heteroatoms. The normalized spacial score (nSPS) is 10.1. The summed E-state index contributed by atoms with van der Waals surface area (Å²) in [4.78, 5) is 36.9. The number of nitrogens with one attached hydrogen (secondary N) is 1. The zero-order valence-corrected chi connectivity index (χ0v) is 13.5. The molecule has 0 heterocycles. The third-order valence-electron chi connectivity index (χ3n) is 3.23. The predicted octanol–water partition coefficient (Wildman–Crippen LogP) is 2.87. The Labute approximate surface area is 131 Å². The van der Waals surface area contributed by atoms with Crippen LogP contribution in [0.1, 0.15) is 50.4 Å². The molecule has 1 N–H and O–H groups in total. The first-order chi connectivity index (χ1) is 10.5. The van der Waals surface area contributed by atoms with E-state index in [1.54, 1.807) is 29.2 Å². The van der Waals surface area contributed by atoms with Crippen LogP contribution in [0.5, 0.6) is 0 Å². The molecule has 0 aliphatic carbocycles. The summed E-state index contributed by atoms with van der Waals surface area (Å²) in [5.74, 6) is -0.512. The van der Waals surface area contributed by atoms with Crippen LogP contribution in [0.4, 0.5) is 5.69 Å². The Kier molecular flexibility index (Phi) is 7.29. The molecule has 0 aromatic heterocycles. The van der Waals surface area contributed by atoms with Gasteiger partial charge in [0.15, 0.2) is 5.78 Å². The topological polar surface area (TPSA) is 66.5 Å². The van der Waals surface area contributed by atoms with Gasteiger partial charge < -0.3 is 10.2 Å². The summed E-state index contributed by atoms with van der Waals surface area (Å²) in [6.45, 7) is 6.85. The van der Waals surface area contributed by atoms with Crippen molar-refractivity contribution >= 4 is 23.3 Å². The fourth-order valence-corrected chi connectivity index (χ4v) is 2.14. The van der Waals surface area contributed by atoms with Gasteiger partial charge in [-0.15, -0.1) is 0 Å². The highest BCUT2D eigenvalue weighted by Gasteiger charge is 2.16. The Balaban J connectivity index is 2.57. The lowest BCUT2D eigenvalue weighted by Gasteiger charge is -2.21. The molecule has 1 rings (SSSR count). The molecule has 1 aromatic rings. The monoisotopic (exact) mass is 304 g/mol. The highest BCUT2D eigenvalue weighted by molar-refractivity contribution is 6.03.